The number of imide groups is 1. The van der Waals surface area contributed by atoms with Crippen LogP contribution in [0.1, 0.15) is 12.8 Å². The van der Waals surface area contributed by atoms with Crippen LogP contribution in [0.2, 0.25) is 0 Å². The van der Waals surface area contributed by atoms with Crippen molar-refractivity contribution in [1.82, 2.24) is 10.2 Å². The van der Waals surface area contributed by atoms with E-state index in [1.807, 2.05) is 18.2 Å². The second-order valence-electron chi connectivity index (χ2n) is 5.98. The molecule has 2 atom stereocenters. The molecule has 1 N–H and O–H groups in total. The number of nitrogens with zero attached hydrogens (tertiary/aromatic N) is 2. The Labute approximate surface area is 124 Å². The fourth-order valence-electron chi connectivity index (χ4n) is 3.14. The van der Waals surface area contributed by atoms with Gasteiger partial charge in [0.25, 0.3) is 5.91 Å². The molecule has 0 aliphatic carbocycles. The lowest BCUT2D eigenvalue weighted by Gasteiger charge is -2.17. The maximum atomic E-state index is 12.4. The maximum Gasteiger partial charge on any atom is 0.251 e. The van der Waals surface area contributed by atoms with Crippen molar-refractivity contribution in [2.45, 2.75) is 18.9 Å². The van der Waals surface area contributed by atoms with Gasteiger partial charge in [-0.2, -0.15) is 0 Å². The minimum absolute atomic E-state index is 0.118. The summed E-state index contributed by atoms with van der Waals surface area (Å²) in [7, 11) is 2.11. The van der Waals surface area contributed by atoms with Gasteiger partial charge in [0.2, 0.25) is 5.91 Å². The summed E-state index contributed by atoms with van der Waals surface area (Å²) in [6, 6.07) is 8.77. The highest BCUT2D eigenvalue weighted by Gasteiger charge is 2.39. The lowest BCUT2D eigenvalue weighted by atomic mass is 10.1. The molecule has 2 saturated heterocycles. The molecule has 1 aromatic rings. The first kappa shape index (κ1) is 14.2. The van der Waals surface area contributed by atoms with E-state index in [9.17, 15) is 9.59 Å². The van der Waals surface area contributed by atoms with Crippen LogP contribution in [0, 0.1) is 5.92 Å². The summed E-state index contributed by atoms with van der Waals surface area (Å²) in [4.78, 5) is 28.1. The average Bonchev–Trinajstić information content (AvgIpc) is 3.01. The topological polar surface area (TPSA) is 52.7 Å². The molecule has 2 aliphatic rings. The quantitative estimate of drug-likeness (QED) is 0.835. The summed E-state index contributed by atoms with van der Waals surface area (Å²) in [5.41, 5.74) is 0.664. The van der Waals surface area contributed by atoms with Crippen molar-refractivity contribution in [3.8, 4) is 0 Å². The molecule has 0 bridgehead atoms. The number of hydrogen-bond acceptors (Lipinski definition) is 4. The van der Waals surface area contributed by atoms with Crippen molar-refractivity contribution >= 4 is 17.5 Å². The predicted octanol–water partition coefficient (Wildman–Crippen LogP) is 0.860. The fraction of sp³-hybridized carbons (Fsp3) is 0.500. The molecule has 2 unspecified atom stereocenters. The Morgan fingerprint density at radius 3 is 2.67 bits per heavy atom. The number of hydrogen-bond donors (Lipinski definition) is 1. The molecular formula is C16H21N3O2. The number of benzene rings is 1. The van der Waals surface area contributed by atoms with Gasteiger partial charge in [0.1, 0.15) is 0 Å². The van der Waals surface area contributed by atoms with Crippen LogP contribution in [0.5, 0.6) is 0 Å². The Morgan fingerprint density at radius 1 is 1.24 bits per heavy atom. The average molecular weight is 287 g/mol. The van der Waals surface area contributed by atoms with Crippen molar-refractivity contribution in [1.29, 1.82) is 0 Å². The van der Waals surface area contributed by atoms with Gasteiger partial charge in [-0.3, -0.25) is 9.59 Å². The molecule has 2 aliphatic heterocycles. The first-order valence-electron chi connectivity index (χ1n) is 7.49. The van der Waals surface area contributed by atoms with Gasteiger partial charge in [-0.25, -0.2) is 4.90 Å². The number of para-hydroxylation sites is 1. The van der Waals surface area contributed by atoms with E-state index in [0.717, 1.165) is 26.1 Å². The normalized spacial score (nSPS) is 26.8. The van der Waals surface area contributed by atoms with E-state index < -0.39 is 0 Å². The van der Waals surface area contributed by atoms with Crippen LogP contribution in [-0.2, 0) is 9.59 Å². The maximum absolute atomic E-state index is 12.4. The highest BCUT2D eigenvalue weighted by Crippen LogP contribution is 2.23. The van der Waals surface area contributed by atoms with Gasteiger partial charge in [0.15, 0.2) is 0 Å². The van der Waals surface area contributed by atoms with E-state index in [4.69, 9.17) is 0 Å². The van der Waals surface area contributed by atoms with E-state index >= 15 is 0 Å². The van der Waals surface area contributed by atoms with Crippen LogP contribution in [0.15, 0.2) is 30.3 Å². The summed E-state index contributed by atoms with van der Waals surface area (Å²) in [5, 5.41) is 3.29. The summed E-state index contributed by atoms with van der Waals surface area (Å²) < 4.78 is 0. The Morgan fingerprint density at radius 2 is 2.00 bits per heavy atom. The van der Waals surface area contributed by atoms with Gasteiger partial charge in [-0.1, -0.05) is 18.2 Å². The van der Waals surface area contributed by atoms with Crippen LogP contribution in [-0.4, -0.2) is 49.4 Å². The highest BCUT2D eigenvalue weighted by molar-refractivity contribution is 6.22. The molecular weight excluding hydrogens is 266 g/mol. The van der Waals surface area contributed by atoms with Crippen LogP contribution in [0.3, 0.4) is 0 Å². The largest absolute Gasteiger partial charge is 0.306 e. The van der Waals surface area contributed by atoms with Crippen LogP contribution >= 0.6 is 0 Å². The molecule has 2 heterocycles. The number of likely N-dealkylation sites (tertiary alicyclic amines) is 1. The molecule has 0 radical (unpaired) electrons. The summed E-state index contributed by atoms with van der Waals surface area (Å²) in [5.74, 6) is 0.327. The first-order chi connectivity index (χ1) is 10.1. The zero-order valence-corrected chi connectivity index (χ0v) is 12.3. The molecule has 5 nitrogen and oxygen atoms in total. The number of amides is 2. The minimum atomic E-state index is -0.372. The number of anilines is 1. The van der Waals surface area contributed by atoms with Gasteiger partial charge in [0, 0.05) is 6.54 Å². The summed E-state index contributed by atoms with van der Waals surface area (Å²) in [6.45, 7) is 2.97. The third-order valence-corrected chi connectivity index (χ3v) is 4.30. The second kappa shape index (κ2) is 5.95. The minimum Gasteiger partial charge on any atom is -0.306 e. The molecule has 2 fully saturated rings. The van der Waals surface area contributed by atoms with Crippen LogP contribution < -0.4 is 10.2 Å². The van der Waals surface area contributed by atoms with E-state index in [2.05, 4.69) is 17.3 Å². The van der Waals surface area contributed by atoms with Crippen molar-refractivity contribution in [3.05, 3.63) is 30.3 Å². The Kier molecular flexibility index (Phi) is 4.03. The van der Waals surface area contributed by atoms with Gasteiger partial charge in [0.05, 0.1) is 18.2 Å². The molecule has 0 aromatic heterocycles. The molecule has 5 heteroatoms. The lowest BCUT2D eigenvalue weighted by molar-refractivity contribution is -0.121. The molecule has 1 aromatic carbocycles. The molecule has 112 valence electrons. The third-order valence-electron chi connectivity index (χ3n) is 4.30. The molecule has 0 spiro atoms. The van der Waals surface area contributed by atoms with Gasteiger partial charge >= 0.3 is 0 Å². The van der Waals surface area contributed by atoms with E-state index in [1.54, 1.807) is 12.1 Å². The third kappa shape index (κ3) is 2.99. The lowest BCUT2D eigenvalue weighted by Crippen LogP contribution is -2.41. The van der Waals surface area contributed by atoms with Crippen LogP contribution in [0.4, 0.5) is 5.69 Å². The van der Waals surface area contributed by atoms with Crippen LogP contribution in [0.25, 0.3) is 0 Å². The monoisotopic (exact) mass is 287 g/mol. The first-order valence-corrected chi connectivity index (χ1v) is 7.49. The van der Waals surface area contributed by atoms with E-state index in [-0.39, 0.29) is 24.3 Å². The molecule has 0 saturated carbocycles. The summed E-state index contributed by atoms with van der Waals surface area (Å²) in [6.07, 6.45) is 1.41. The molecule has 2 amide bonds. The number of nitrogens with one attached hydrogen (secondary N) is 1. The fourth-order valence-corrected chi connectivity index (χ4v) is 3.14. The number of rotatable bonds is 4. The summed E-state index contributed by atoms with van der Waals surface area (Å²) >= 11 is 0. The van der Waals surface area contributed by atoms with Gasteiger partial charge < -0.3 is 10.2 Å². The van der Waals surface area contributed by atoms with Crippen molar-refractivity contribution in [2.24, 2.45) is 5.92 Å². The molecule has 21 heavy (non-hydrogen) atoms. The number of carbonyl (C=O) groups excluding carboxylic acids is 2. The standard InChI is InChI=1S/C16H21N3O2/c1-18-8-7-12(11-18)10-17-14-9-15(20)19(16(14)21)13-5-3-2-4-6-13/h2-6,12,14,17H,7-11H2,1H3. The zero-order valence-electron chi connectivity index (χ0n) is 12.3. The zero-order chi connectivity index (χ0) is 14.8. The Bertz CT molecular complexity index is 532. The van der Waals surface area contributed by atoms with E-state index in [0.29, 0.717) is 11.6 Å². The SMILES string of the molecule is CN1CCC(CNC2CC(=O)N(c3ccccc3)C2=O)C1. The predicted molar refractivity (Wildman–Crippen MR) is 80.9 cm³/mol. The van der Waals surface area contributed by atoms with Gasteiger partial charge in [-0.05, 0) is 44.6 Å². The highest BCUT2D eigenvalue weighted by atomic mass is 16.2. The second-order valence-corrected chi connectivity index (χ2v) is 5.98. The van der Waals surface area contributed by atoms with Crippen molar-refractivity contribution in [2.75, 3.05) is 31.6 Å². The molecule has 3 rings (SSSR count). The Balaban J connectivity index is 1.61. The van der Waals surface area contributed by atoms with E-state index in [1.165, 1.54) is 4.90 Å². The van der Waals surface area contributed by atoms with Crippen molar-refractivity contribution in [3.63, 3.8) is 0 Å². The Hall–Kier alpha value is -1.72. The number of carbonyl (C=O) groups is 2. The smallest absolute Gasteiger partial charge is 0.251 e. The van der Waals surface area contributed by atoms with Crippen molar-refractivity contribution < 1.29 is 9.59 Å². The van der Waals surface area contributed by atoms with Gasteiger partial charge in [-0.15, -0.1) is 0 Å².